The third-order valence-corrected chi connectivity index (χ3v) is 9.74. The van der Waals surface area contributed by atoms with E-state index in [1.54, 1.807) is 0 Å². The first kappa shape index (κ1) is 24.9. The summed E-state index contributed by atoms with van der Waals surface area (Å²) in [6.07, 6.45) is 10.2. The van der Waals surface area contributed by atoms with E-state index in [1.165, 1.54) is 12.0 Å². The molecule has 0 unspecified atom stereocenters. The second-order valence-corrected chi connectivity index (χ2v) is 12.1. The van der Waals surface area contributed by atoms with Crippen LogP contribution in [0.2, 0.25) is 0 Å². The molecule has 35 heavy (non-hydrogen) atoms. The molecule has 1 saturated heterocycles. The topological polar surface area (TPSA) is 93.7 Å². The molecule has 1 amide bonds. The van der Waals surface area contributed by atoms with E-state index in [2.05, 4.69) is 65.5 Å². The van der Waals surface area contributed by atoms with Gasteiger partial charge in [-0.25, -0.2) is 0 Å². The lowest BCUT2D eigenvalue weighted by Crippen LogP contribution is -2.59. The van der Waals surface area contributed by atoms with Crippen molar-refractivity contribution in [2.24, 2.45) is 11.8 Å². The Morgan fingerprint density at radius 2 is 1.71 bits per heavy atom. The second-order valence-electron chi connectivity index (χ2n) is 12.1. The van der Waals surface area contributed by atoms with Crippen molar-refractivity contribution in [3.8, 4) is 0 Å². The minimum Gasteiger partial charge on any atom is -0.388 e. The van der Waals surface area contributed by atoms with Gasteiger partial charge >= 0.3 is 0 Å². The van der Waals surface area contributed by atoms with Crippen LogP contribution in [0.5, 0.6) is 0 Å². The van der Waals surface area contributed by atoms with Crippen LogP contribution in [-0.2, 0) is 15.1 Å². The number of hydrogen-bond acceptors (Lipinski definition) is 6. The zero-order chi connectivity index (χ0) is 24.7. The van der Waals surface area contributed by atoms with Gasteiger partial charge in [0.05, 0.1) is 11.6 Å². The summed E-state index contributed by atoms with van der Waals surface area (Å²) in [4.78, 5) is 26.6. The van der Waals surface area contributed by atoms with E-state index >= 15 is 0 Å². The predicted molar refractivity (Wildman–Crippen MR) is 135 cm³/mol. The maximum atomic E-state index is 12.1. The molecular weight excluding hydrogens is 440 g/mol. The molecule has 7 heteroatoms. The highest BCUT2D eigenvalue weighted by Crippen LogP contribution is 2.50. The Bertz CT molecular complexity index is 915. The van der Waals surface area contributed by atoms with Crippen LogP contribution in [0.15, 0.2) is 30.3 Å². The summed E-state index contributed by atoms with van der Waals surface area (Å²) in [7, 11) is 4.37. The smallest absolute Gasteiger partial charge is 0.287 e. The Morgan fingerprint density at radius 3 is 2.31 bits per heavy atom. The average Bonchev–Trinajstić information content (AvgIpc) is 3.23. The van der Waals surface area contributed by atoms with Gasteiger partial charge in [-0.05, 0) is 89.3 Å². The summed E-state index contributed by atoms with van der Waals surface area (Å²) in [6, 6.07) is 10.8. The highest BCUT2D eigenvalue weighted by atomic mass is 16.3. The Morgan fingerprint density at radius 1 is 1.03 bits per heavy atom. The summed E-state index contributed by atoms with van der Waals surface area (Å²) in [5.74, 6) is -0.0956. The van der Waals surface area contributed by atoms with Crippen LogP contribution in [0.25, 0.3) is 0 Å². The molecule has 0 aromatic heterocycles. The van der Waals surface area contributed by atoms with E-state index in [4.69, 9.17) is 0 Å². The van der Waals surface area contributed by atoms with Crippen LogP contribution in [-0.4, -0.2) is 59.5 Å². The molecule has 1 atom stereocenters. The quantitative estimate of drug-likeness (QED) is 0.426. The summed E-state index contributed by atoms with van der Waals surface area (Å²) >= 11 is 0. The fourth-order valence-electron chi connectivity index (χ4n) is 7.03. The van der Waals surface area contributed by atoms with E-state index < -0.39 is 11.5 Å². The number of nitrogens with zero attached hydrogens (tertiary/aromatic N) is 1. The minimum atomic E-state index is -0.753. The highest BCUT2D eigenvalue weighted by molar-refractivity contribution is 6.36. The normalized spacial score (nSPS) is 37.1. The lowest BCUT2D eigenvalue weighted by Gasteiger charge is -2.50. The standard InChI is InChI=1S/C28H42N4O3/c1-32(2)27(22-9-4-3-5-10-22)13-11-26(12-14-27)18-24(30-31-26)28(35)16-21(17-28)19-29-25(34)23(33)15-20-7-6-8-20/h3-5,9-10,20-21,24,30-31,35H,6-8,11-19H2,1-2H3,(H,29,34)/t21?,24-,26?,27?,28?/m0/s1. The molecule has 1 aromatic carbocycles. The number of rotatable bonds is 8. The molecule has 4 N–H and O–H groups in total. The highest BCUT2D eigenvalue weighted by Gasteiger charge is 2.55. The van der Waals surface area contributed by atoms with Crippen molar-refractivity contribution < 1.29 is 14.7 Å². The van der Waals surface area contributed by atoms with Gasteiger partial charge in [-0.2, -0.15) is 0 Å². The number of hydrazine groups is 1. The zero-order valence-corrected chi connectivity index (χ0v) is 21.3. The van der Waals surface area contributed by atoms with Crippen molar-refractivity contribution in [2.75, 3.05) is 20.6 Å². The number of ketones is 1. The SMILES string of the molecule is CN(C)C1(c2ccccc2)CCC2(CC1)C[C@@H](C1(O)CC(CNC(=O)C(=O)CC3CCC3)C1)NN2. The summed E-state index contributed by atoms with van der Waals surface area (Å²) in [5, 5.41) is 14.1. The number of benzene rings is 1. The molecule has 5 rings (SSSR count). The number of aliphatic hydroxyl groups is 1. The maximum absolute atomic E-state index is 12.1. The Balaban J connectivity index is 1.10. The molecule has 1 aliphatic heterocycles. The van der Waals surface area contributed by atoms with E-state index in [-0.39, 0.29) is 28.8 Å². The van der Waals surface area contributed by atoms with Crippen molar-refractivity contribution >= 4 is 11.7 Å². The first-order valence-electron chi connectivity index (χ1n) is 13.5. The summed E-state index contributed by atoms with van der Waals surface area (Å²) in [5.41, 5.74) is 7.73. The van der Waals surface area contributed by atoms with Gasteiger partial charge in [-0.3, -0.25) is 25.3 Å². The third-order valence-electron chi connectivity index (χ3n) is 9.74. The van der Waals surface area contributed by atoms with Crippen LogP contribution in [0.3, 0.4) is 0 Å². The molecule has 7 nitrogen and oxygen atoms in total. The molecule has 0 bridgehead atoms. The molecule has 192 valence electrons. The van der Waals surface area contributed by atoms with E-state index in [9.17, 15) is 14.7 Å². The molecule has 3 aliphatic carbocycles. The van der Waals surface area contributed by atoms with Crippen LogP contribution >= 0.6 is 0 Å². The molecule has 4 fully saturated rings. The van der Waals surface area contributed by atoms with Crippen LogP contribution in [0.1, 0.15) is 76.2 Å². The molecule has 1 heterocycles. The molecule has 3 saturated carbocycles. The van der Waals surface area contributed by atoms with Crippen molar-refractivity contribution in [3.05, 3.63) is 35.9 Å². The average molecular weight is 483 g/mol. The van der Waals surface area contributed by atoms with Gasteiger partial charge in [0, 0.05) is 24.0 Å². The van der Waals surface area contributed by atoms with Gasteiger partial charge < -0.3 is 10.4 Å². The van der Waals surface area contributed by atoms with Crippen molar-refractivity contribution in [1.29, 1.82) is 0 Å². The number of carbonyl (C=O) groups excluding carboxylic acids is 2. The fourth-order valence-corrected chi connectivity index (χ4v) is 7.03. The zero-order valence-electron chi connectivity index (χ0n) is 21.3. The minimum absolute atomic E-state index is 0.0123. The fraction of sp³-hybridized carbons (Fsp3) is 0.714. The van der Waals surface area contributed by atoms with Crippen LogP contribution < -0.4 is 16.2 Å². The van der Waals surface area contributed by atoms with Gasteiger partial charge in [0.25, 0.3) is 5.91 Å². The van der Waals surface area contributed by atoms with Gasteiger partial charge in [0.2, 0.25) is 5.78 Å². The predicted octanol–water partition coefficient (Wildman–Crippen LogP) is 2.64. The molecule has 0 radical (unpaired) electrons. The van der Waals surface area contributed by atoms with Crippen molar-refractivity contribution in [2.45, 2.75) is 93.3 Å². The first-order chi connectivity index (χ1) is 16.7. The number of Topliss-reactive ketones (excluding diaryl/α,β-unsaturated/α-hetero) is 1. The molecule has 4 aliphatic rings. The van der Waals surface area contributed by atoms with Crippen LogP contribution in [0.4, 0.5) is 0 Å². The van der Waals surface area contributed by atoms with Crippen molar-refractivity contribution in [1.82, 2.24) is 21.1 Å². The van der Waals surface area contributed by atoms with Gasteiger partial charge in [-0.1, -0.05) is 36.8 Å². The molecule has 1 aromatic rings. The Kier molecular flexibility index (Phi) is 6.81. The lowest BCUT2D eigenvalue weighted by atomic mass is 9.63. The lowest BCUT2D eigenvalue weighted by molar-refractivity contribution is -0.139. The van der Waals surface area contributed by atoms with Gasteiger partial charge in [-0.15, -0.1) is 0 Å². The maximum Gasteiger partial charge on any atom is 0.287 e. The van der Waals surface area contributed by atoms with Gasteiger partial charge in [0.15, 0.2) is 0 Å². The Labute approximate surface area is 209 Å². The van der Waals surface area contributed by atoms with Crippen LogP contribution in [0, 0.1) is 11.8 Å². The largest absolute Gasteiger partial charge is 0.388 e. The molecule has 1 spiro atoms. The first-order valence-corrected chi connectivity index (χ1v) is 13.5. The number of amides is 1. The monoisotopic (exact) mass is 482 g/mol. The number of nitrogens with one attached hydrogen (secondary N) is 3. The Hall–Kier alpha value is -1.80. The number of hydrogen-bond donors (Lipinski definition) is 4. The summed E-state index contributed by atoms with van der Waals surface area (Å²) < 4.78 is 0. The van der Waals surface area contributed by atoms with Crippen molar-refractivity contribution in [3.63, 3.8) is 0 Å². The molecular formula is C28H42N4O3. The van der Waals surface area contributed by atoms with E-state index in [1.807, 2.05) is 0 Å². The second kappa shape index (κ2) is 9.58. The third kappa shape index (κ3) is 4.80. The van der Waals surface area contributed by atoms with Gasteiger partial charge in [0.1, 0.15) is 0 Å². The van der Waals surface area contributed by atoms with E-state index in [0.717, 1.165) is 44.9 Å². The summed E-state index contributed by atoms with van der Waals surface area (Å²) in [6.45, 7) is 0.477. The van der Waals surface area contributed by atoms with E-state index in [0.29, 0.717) is 31.7 Å². The number of carbonyl (C=O) groups is 2.